The van der Waals surface area contributed by atoms with Crippen LogP contribution in [0.15, 0.2) is 182 Å². The molecule has 0 aliphatic carbocycles. The van der Waals surface area contributed by atoms with E-state index in [1.165, 1.54) is 76.5 Å². The standard InChI is InChI=1S/C49H33N3O/c1-53-37-24-21-35(22-25-37)51-44-16-8-5-13-38(44)41-26-19-32(29-48(41)51)33-20-27-42-39-14-6-9-17-45(39)52(49(42)30-33)36-23-28-47-43(31-36)40-15-7-10-18-46(40)50(47)34-11-3-2-4-12-34/h2-31H,1H3. The molecule has 4 heteroatoms. The normalized spacial score (nSPS) is 11.9. The first kappa shape index (κ1) is 29.7. The number of methoxy groups -OCH3 is 1. The predicted molar refractivity (Wildman–Crippen MR) is 221 cm³/mol. The van der Waals surface area contributed by atoms with Gasteiger partial charge in [-0.05, 0) is 96.1 Å². The van der Waals surface area contributed by atoms with E-state index in [0.717, 1.165) is 22.8 Å². The van der Waals surface area contributed by atoms with Crippen molar-refractivity contribution in [3.05, 3.63) is 182 Å². The fourth-order valence-corrected chi connectivity index (χ4v) is 8.54. The Morgan fingerprint density at radius 3 is 1.28 bits per heavy atom. The Labute approximate surface area is 305 Å². The summed E-state index contributed by atoms with van der Waals surface area (Å²) in [5, 5.41) is 7.44. The number of benzene rings is 8. The van der Waals surface area contributed by atoms with Gasteiger partial charge in [0, 0.05) is 49.4 Å². The first-order valence-electron chi connectivity index (χ1n) is 18.1. The molecule has 0 radical (unpaired) electrons. The highest BCUT2D eigenvalue weighted by Crippen LogP contribution is 2.40. The zero-order valence-electron chi connectivity index (χ0n) is 29.1. The summed E-state index contributed by atoms with van der Waals surface area (Å²) in [6, 6.07) is 65.9. The van der Waals surface area contributed by atoms with Crippen LogP contribution in [-0.4, -0.2) is 20.8 Å². The van der Waals surface area contributed by atoms with Crippen LogP contribution >= 0.6 is 0 Å². The lowest BCUT2D eigenvalue weighted by Gasteiger charge is -2.12. The summed E-state index contributed by atoms with van der Waals surface area (Å²) in [4.78, 5) is 0. The highest BCUT2D eigenvalue weighted by atomic mass is 16.5. The average molecular weight is 680 g/mol. The van der Waals surface area contributed by atoms with E-state index in [4.69, 9.17) is 4.74 Å². The van der Waals surface area contributed by atoms with Crippen molar-refractivity contribution < 1.29 is 4.74 Å². The van der Waals surface area contributed by atoms with Crippen LogP contribution in [0.25, 0.3) is 93.6 Å². The molecule has 53 heavy (non-hydrogen) atoms. The highest BCUT2D eigenvalue weighted by Gasteiger charge is 2.18. The molecule has 0 fully saturated rings. The van der Waals surface area contributed by atoms with Gasteiger partial charge in [-0.2, -0.15) is 0 Å². The molecule has 3 heterocycles. The quantitative estimate of drug-likeness (QED) is 0.178. The summed E-state index contributed by atoms with van der Waals surface area (Å²) >= 11 is 0. The number of para-hydroxylation sites is 4. The van der Waals surface area contributed by atoms with Gasteiger partial charge < -0.3 is 18.4 Å². The van der Waals surface area contributed by atoms with Crippen LogP contribution in [0.4, 0.5) is 0 Å². The van der Waals surface area contributed by atoms with Crippen LogP contribution in [0.3, 0.4) is 0 Å². The van der Waals surface area contributed by atoms with Crippen molar-refractivity contribution in [2.75, 3.05) is 7.11 Å². The second-order valence-corrected chi connectivity index (χ2v) is 13.8. The minimum atomic E-state index is 0.847. The zero-order valence-corrected chi connectivity index (χ0v) is 29.1. The molecule has 4 nitrogen and oxygen atoms in total. The zero-order chi connectivity index (χ0) is 35.0. The first-order valence-corrected chi connectivity index (χ1v) is 18.1. The molecular formula is C49H33N3O. The molecule has 11 aromatic rings. The smallest absolute Gasteiger partial charge is 0.119 e. The molecule has 250 valence electrons. The lowest BCUT2D eigenvalue weighted by molar-refractivity contribution is 0.415. The van der Waals surface area contributed by atoms with E-state index in [9.17, 15) is 0 Å². The number of ether oxygens (including phenoxy) is 1. The molecule has 8 aromatic carbocycles. The van der Waals surface area contributed by atoms with Crippen LogP contribution < -0.4 is 4.74 Å². The van der Waals surface area contributed by atoms with E-state index in [-0.39, 0.29) is 0 Å². The van der Waals surface area contributed by atoms with Gasteiger partial charge >= 0.3 is 0 Å². The minimum Gasteiger partial charge on any atom is -0.497 e. The van der Waals surface area contributed by atoms with Crippen LogP contribution in [0, 0.1) is 0 Å². The largest absolute Gasteiger partial charge is 0.497 e. The maximum absolute atomic E-state index is 5.48. The summed E-state index contributed by atoms with van der Waals surface area (Å²) in [5.74, 6) is 0.847. The molecule has 11 rings (SSSR count). The van der Waals surface area contributed by atoms with Crippen molar-refractivity contribution in [1.82, 2.24) is 13.7 Å². The van der Waals surface area contributed by atoms with Crippen LogP contribution in [0.1, 0.15) is 0 Å². The van der Waals surface area contributed by atoms with E-state index in [0.29, 0.717) is 0 Å². The van der Waals surface area contributed by atoms with Crippen molar-refractivity contribution >= 4 is 65.4 Å². The lowest BCUT2D eigenvalue weighted by atomic mass is 10.0. The second-order valence-electron chi connectivity index (χ2n) is 13.8. The Morgan fingerprint density at radius 2 is 0.717 bits per heavy atom. The number of fused-ring (bicyclic) bond motifs is 9. The number of nitrogens with zero attached hydrogens (tertiary/aromatic N) is 3. The Bertz CT molecular complexity index is 3200. The van der Waals surface area contributed by atoms with Gasteiger partial charge in [-0.1, -0.05) is 97.1 Å². The van der Waals surface area contributed by atoms with Gasteiger partial charge in [-0.3, -0.25) is 0 Å². The van der Waals surface area contributed by atoms with Crippen molar-refractivity contribution in [1.29, 1.82) is 0 Å². The van der Waals surface area contributed by atoms with Crippen molar-refractivity contribution in [2.24, 2.45) is 0 Å². The van der Waals surface area contributed by atoms with E-state index < -0.39 is 0 Å². The molecule has 0 spiro atoms. The molecule has 0 amide bonds. The Balaban J connectivity index is 1.13. The molecule has 0 unspecified atom stereocenters. The number of hydrogen-bond donors (Lipinski definition) is 0. The lowest BCUT2D eigenvalue weighted by Crippen LogP contribution is -1.96. The van der Waals surface area contributed by atoms with Crippen molar-refractivity contribution in [3.8, 4) is 33.9 Å². The fraction of sp³-hybridized carbons (Fsp3) is 0.0204. The van der Waals surface area contributed by atoms with Gasteiger partial charge in [0.25, 0.3) is 0 Å². The summed E-state index contributed by atoms with van der Waals surface area (Å²) in [5.41, 5.74) is 12.9. The molecular weight excluding hydrogens is 647 g/mol. The van der Waals surface area contributed by atoms with Crippen molar-refractivity contribution in [2.45, 2.75) is 0 Å². The molecule has 0 atom stereocenters. The van der Waals surface area contributed by atoms with Gasteiger partial charge in [0.2, 0.25) is 0 Å². The van der Waals surface area contributed by atoms with Gasteiger partial charge in [-0.15, -0.1) is 0 Å². The van der Waals surface area contributed by atoms with E-state index in [2.05, 4.69) is 184 Å². The van der Waals surface area contributed by atoms with Crippen LogP contribution in [-0.2, 0) is 0 Å². The molecule has 0 aliphatic heterocycles. The number of rotatable bonds is 5. The maximum Gasteiger partial charge on any atom is 0.119 e. The third-order valence-electron chi connectivity index (χ3n) is 10.9. The van der Waals surface area contributed by atoms with Crippen molar-refractivity contribution in [3.63, 3.8) is 0 Å². The van der Waals surface area contributed by atoms with E-state index in [1.807, 2.05) is 12.1 Å². The van der Waals surface area contributed by atoms with Crippen LogP contribution in [0.2, 0.25) is 0 Å². The Hall–Kier alpha value is -7.04. The van der Waals surface area contributed by atoms with Crippen LogP contribution in [0.5, 0.6) is 5.75 Å². The van der Waals surface area contributed by atoms with Gasteiger partial charge in [0.05, 0.1) is 40.2 Å². The third-order valence-corrected chi connectivity index (χ3v) is 10.9. The molecule has 3 aromatic heterocycles. The van der Waals surface area contributed by atoms with E-state index in [1.54, 1.807) is 7.11 Å². The number of aromatic nitrogens is 3. The maximum atomic E-state index is 5.48. The third kappa shape index (κ3) is 4.42. The molecule has 0 N–H and O–H groups in total. The monoisotopic (exact) mass is 679 g/mol. The Kier molecular flexibility index (Phi) is 6.43. The summed E-state index contributed by atoms with van der Waals surface area (Å²) in [7, 11) is 1.71. The highest BCUT2D eigenvalue weighted by molar-refractivity contribution is 6.14. The van der Waals surface area contributed by atoms with Gasteiger partial charge in [0.1, 0.15) is 5.75 Å². The molecule has 0 aliphatic rings. The fourth-order valence-electron chi connectivity index (χ4n) is 8.54. The summed E-state index contributed by atoms with van der Waals surface area (Å²) in [6.07, 6.45) is 0. The van der Waals surface area contributed by atoms with Gasteiger partial charge in [0.15, 0.2) is 0 Å². The second kappa shape index (κ2) is 11.5. The van der Waals surface area contributed by atoms with Gasteiger partial charge in [-0.25, -0.2) is 0 Å². The molecule has 0 saturated heterocycles. The first-order chi connectivity index (χ1) is 26.2. The summed E-state index contributed by atoms with van der Waals surface area (Å²) < 4.78 is 12.7. The topological polar surface area (TPSA) is 24.0 Å². The molecule has 0 saturated carbocycles. The minimum absolute atomic E-state index is 0.847. The summed E-state index contributed by atoms with van der Waals surface area (Å²) in [6.45, 7) is 0. The SMILES string of the molecule is COc1ccc(-n2c3ccccc3c3ccc(-c4ccc5c6ccccc6n(-c6ccc7c(c6)c6ccccc6n7-c6ccccc6)c5c4)cc32)cc1. The predicted octanol–water partition coefficient (Wildman–Crippen LogP) is 12.7. The van der Waals surface area contributed by atoms with E-state index >= 15 is 0 Å². The Morgan fingerprint density at radius 1 is 0.302 bits per heavy atom. The number of hydrogen-bond acceptors (Lipinski definition) is 1. The average Bonchev–Trinajstić information content (AvgIpc) is 3.86. The molecule has 0 bridgehead atoms.